The van der Waals surface area contributed by atoms with Crippen molar-refractivity contribution in [2.75, 3.05) is 23.4 Å². The van der Waals surface area contributed by atoms with Crippen molar-refractivity contribution >= 4 is 68.1 Å². The predicted octanol–water partition coefficient (Wildman–Crippen LogP) is 3.73. The molecule has 0 radical (unpaired) electrons. The molecule has 190 valence electrons. The second-order valence-corrected chi connectivity index (χ2v) is 11.8. The molecule has 0 atom stereocenters. The molecule has 4 amide bonds. The molecular weight excluding hydrogens is 540 g/mol. The zero-order valence-electron chi connectivity index (χ0n) is 19.3. The van der Waals surface area contributed by atoms with Gasteiger partial charge in [0.1, 0.15) is 10.8 Å². The Kier molecular flexibility index (Phi) is 6.48. The van der Waals surface area contributed by atoms with Crippen LogP contribution in [0.2, 0.25) is 5.02 Å². The average Bonchev–Trinajstić information content (AvgIpc) is 3.50. The van der Waals surface area contributed by atoms with Crippen molar-refractivity contribution in [3.8, 4) is 0 Å². The summed E-state index contributed by atoms with van der Waals surface area (Å²) in [4.78, 5) is 44.2. The summed E-state index contributed by atoms with van der Waals surface area (Å²) in [6.45, 7) is 2.75. The van der Waals surface area contributed by atoms with E-state index in [-0.39, 0.29) is 16.3 Å². The van der Waals surface area contributed by atoms with Crippen LogP contribution in [0.4, 0.5) is 16.2 Å². The molecule has 5 rings (SSSR count). The van der Waals surface area contributed by atoms with Crippen molar-refractivity contribution in [1.29, 1.82) is 0 Å². The van der Waals surface area contributed by atoms with Crippen LogP contribution in [0.25, 0.3) is 0 Å². The molecule has 3 aromatic rings. The number of carbonyl (C=O) groups excluding carboxylic acids is 3. The summed E-state index contributed by atoms with van der Waals surface area (Å²) in [5.74, 6) is -0.376. The van der Waals surface area contributed by atoms with E-state index in [0.29, 0.717) is 45.8 Å². The zero-order chi connectivity index (χ0) is 26.3. The van der Waals surface area contributed by atoms with Gasteiger partial charge in [0.05, 0.1) is 23.7 Å². The van der Waals surface area contributed by atoms with Gasteiger partial charge in [-0.05, 0) is 61.0 Å². The molecule has 1 aromatic heterocycles. The molecule has 3 heterocycles. The number of sulfonamides is 1. The van der Waals surface area contributed by atoms with Crippen molar-refractivity contribution in [1.82, 2.24) is 4.72 Å². The van der Waals surface area contributed by atoms with Crippen LogP contribution in [0, 0.1) is 6.92 Å². The lowest BCUT2D eigenvalue weighted by molar-refractivity contribution is -0.117. The number of amides is 4. The fourth-order valence-electron chi connectivity index (χ4n) is 3.92. The van der Waals surface area contributed by atoms with E-state index in [0.717, 1.165) is 21.8 Å². The lowest BCUT2D eigenvalue weighted by Gasteiger charge is -2.27. The highest BCUT2D eigenvalue weighted by atomic mass is 35.5. The number of hydrogen-bond donors (Lipinski definition) is 2. The van der Waals surface area contributed by atoms with E-state index in [4.69, 9.17) is 16.3 Å². The fraction of sp³-hybridized carbons (Fsp3) is 0.167. The van der Waals surface area contributed by atoms with E-state index in [1.54, 1.807) is 25.1 Å². The molecule has 0 bridgehead atoms. The molecule has 0 fully saturated rings. The van der Waals surface area contributed by atoms with Gasteiger partial charge in [-0.1, -0.05) is 11.6 Å². The topological polar surface area (TPSA) is 134 Å². The van der Waals surface area contributed by atoms with E-state index in [1.807, 2.05) is 4.72 Å². The predicted molar refractivity (Wildman–Crippen MR) is 139 cm³/mol. The minimum Gasteiger partial charge on any atom is -0.476 e. The highest BCUT2D eigenvalue weighted by molar-refractivity contribution is 7.92. The second kappa shape index (κ2) is 9.61. The first-order valence-electron chi connectivity index (χ1n) is 11.0. The molecule has 0 unspecified atom stereocenters. The number of thiophene rings is 1. The zero-order valence-corrected chi connectivity index (χ0v) is 21.7. The molecule has 37 heavy (non-hydrogen) atoms. The van der Waals surface area contributed by atoms with Gasteiger partial charge in [-0.3, -0.25) is 9.59 Å². The SMILES string of the molecule is Cc1sc(S(=O)(=O)NC(=O)Nc2ccc(N3C(=O)Cc4cc(C5=NCCO5)ccc4C3=O)cc2)cc1Cl. The van der Waals surface area contributed by atoms with Gasteiger partial charge in [-0.2, -0.15) is 0 Å². The Balaban J connectivity index is 1.28. The Bertz CT molecular complexity index is 1560. The number of nitrogens with one attached hydrogen (secondary N) is 2. The Hall–Kier alpha value is -3.74. The third-order valence-electron chi connectivity index (χ3n) is 5.67. The third kappa shape index (κ3) is 4.95. The van der Waals surface area contributed by atoms with Gasteiger partial charge >= 0.3 is 6.03 Å². The lowest BCUT2D eigenvalue weighted by Crippen LogP contribution is -2.42. The van der Waals surface area contributed by atoms with Crippen molar-refractivity contribution in [2.24, 2.45) is 4.99 Å². The van der Waals surface area contributed by atoms with E-state index in [2.05, 4.69) is 10.3 Å². The number of anilines is 2. The van der Waals surface area contributed by atoms with Gasteiger partial charge in [-0.15, -0.1) is 11.3 Å². The standard InChI is InChI=1S/C24H19ClN4O6S2/c1-13-19(25)12-21(36-13)37(33,34)28-24(32)27-16-3-5-17(6-4-16)29-20(30)11-15-10-14(22-26-8-9-35-22)2-7-18(15)23(29)31/h2-7,10,12H,8-9,11H2,1H3,(H2,27,28,32). The number of fused-ring (bicyclic) bond motifs is 1. The van der Waals surface area contributed by atoms with Crippen LogP contribution in [0.3, 0.4) is 0 Å². The van der Waals surface area contributed by atoms with E-state index in [9.17, 15) is 22.8 Å². The summed E-state index contributed by atoms with van der Waals surface area (Å²) in [5, 5.41) is 2.72. The minimum absolute atomic E-state index is 0.0225. The van der Waals surface area contributed by atoms with Crippen molar-refractivity contribution in [3.05, 3.63) is 75.1 Å². The molecule has 0 saturated heterocycles. The molecule has 0 aliphatic carbocycles. The van der Waals surface area contributed by atoms with Crippen LogP contribution >= 0.6 is 22.9 Å². The molecule has 0 saturated carbocycles. The monoisotopic (exact) mass is 558 g/mol. The molecular formula is C24H19ClN4O6S2. The van der Waals surface area contributed by atoms with Crippen molar-refractivity contribution in [2.45, 2.75) is 17.6 Å². The number of rotatable bonds is 5. The summed E-state index contributed by atoms with van der Waals surface area (Å²) in [6, 6.07) is 11.3. The Morgan fingerprint density at radius 2 is 1.89 bits per heavy atom. The highest BCUT2D eigenvalue weighted by Crippen LogP contribution is 2.30. The van der Waals surface area contributed by atoms with Crippen LogP contribution in [-0.4, -0.2) is 45.3 Å². The highest BCUT2D eigenvalue weighted by Gasteiger charge is 2.33. The Morgan fingerprint density at radius 3 is 2.54 bits per heavy atom. The Morgan fingerprint density at radius 1 is 1.14 bits per heavy atom. The van der Waals surface area contributed by atoms with Crippen LogP contribution in [0.15, 0.2) is 57.7 Å². The van der Waals surface area contributed by atoms with E-state index in [1.165, 1.54) is 30.3 Å². The summed E-state index contributed by atoms with van der Waals surface area (Å²) in [5.41, 5.74) is 2.29. The number of nitrogens with zero attached hydrogens (tertiary/aromatic N) is 2. The molecule has 13 heteroatoms. The number of hydrogen-bond acceptors (Lipinski definition) is 8. The number of imide groups is 1. The number of benzene rings is 2. The van der Waals surface area contributed by atoms with Gasteiger partial charge in [0, 0.05) is 21.7 Å². The first-order valence-corrected chi connectivity index (χ1v) is 13.7. The largest absolute Gasteiger partial charge is 0.476 e. The average molecular weight is 559 g/mol. The molecule has 2 aliphatic heterocycles. The van der Waals surface area contributed by atoms with E-state index >= 15 is 0 Å². The maximum Gasteiger partial charge on any atom is 0.333 e. The van der Waals surface area contributed by atoms with Gasteiger partial charge in [-0.25, -0.2) is 27.8 Å². The van der Waals surface area contributed by atoms with Gasteiger partial charge in [0.25, 0.3) is 15.9 Å². The molecule has 2 aliphatic rings. The smallest absolute Gasteiger partial charge is 0.333 e. The number of ether oxygens (including phenoxy) is 1. The lowest BCUT2D eigenvalue weighted by atomic mass is 9.95. The summed E-state index contributed by atoms with van der Waals surface area (Å²) >= 11 is 6.86. The minimum atomic E-state index is -4.10. The van der Waals surface area contributed by atoms with Crippen LogP contribution in [0.5, 0.6) is 0 Å². The fourth-order valence-corrected chi connectivity index (χ4v) is 6.51. The van der Waals surface area contributed by atoms with Crippen molar-refractivity contribution in [3.63, 3.8) is 0 Å². The van der Waals surface area contributed by atoms with Crippen LogP contribution in [-0.2, 0) is 26.0 Å². The van der Waals surface area contributed by atoms with Gasteiger partial charge in [0.15, 0.2) is 0 Å². The van der Waals surface area contributed by atoms with Gasteiger partial charge in [0.2, 0.25) is 11.8 Å². The summed E-state index contributed by atoms with van der Waals surface area (Å²) in [7, 11) is -4.10. The number of aryl methyl sites for hydroxylation is 1. The van der Waals surface area contributed by atoms with Crippen molar-refractivity contribution < 1.29 is 27.5 Å². The normalized spacial score (nSPS) is 15.2. The van der Waals surface area contributed by atoms with E-state index < -0.39 is 27.9 Å². The number of carbonyl (C=O) groups is 3. The number of urea groups is 1. The Labute approximate surface area is 221 Å². The summed E-state index contributed by atoms with van der Waals surface area (Å²) < 4.78 is 32.1. The maximum atomic E-state index is 13.1. The second-order valence-electron chi connectivity index (χ2n) is 8.19. The number of halogens is 1. The van der Waals surface area contributed by atoms with Crippen LogP contribution < -0.4 is 14.9 Å². The van der Waals surface area contributed by atoms with Gasteiger partial charge < -0.3 is 10.1 Å². The quantitative estimate of drug-likeness (QED) is 0.458. The first-order chi connectivity index (χ1) is 17.6. The van der Waals surface area contributed by atoms with Crippen LogP contribution in [0.1, 0.15) is 26.4 Å². The molecule has 2 N–H and O–H groups in total. The molecule has 0 spiro atoms. The number of aliphatic imine (C=N–C) groups is 1. The summed E-state index contributed by atoms with van der Waals surface area (Å²) in [6.07, 6.45) is 0.0225. The molecule has 10 nitrogen and oxygen atoms in total. The third-order valence-corrected chi connectivity index (χ3v) is 9.03. The first kappa shape index (κ1) is 24.9. The molecule has 2 aromatic carbocycles. The maximum absolute atomic E-state index is 13.1.